The van der Waals surface area contributed by atoms with Crippen LogP contribution < -0.4 is 16.0 Å². The van der Waals surface area contributed by atoms with Crippen molar-refractivity contribution in [1.82, 2.24) is 20.9 Å². The Labute approximate surface area is 105 Å². The number of urea groups is 1. The Morgan fingerprint density at radius 1 is 1.33 bits per heavy atom. The molecule has 0 aromatic carbocycles. The lowest BCUT2D eigenvalue weighted by molar-refractivity contribution is -0.123. The van der Waals surface area contributed by atoms with E-state index in [4.69, 9.17) is 0 Å². The average Bonchev–Trinajstić information content (AvgIpc) is 2.85. The summed E-state index contributed by atoms with van der Waals surface area (Å²) in [5, 5.41) is 7.86. The third-order valence-electron chi connectivity index (χ3n) is 2.99. The summed E-state index contributed by atoms with van der Waals surface area (Å²) >= 11 is 0. The van der Waals surface area contributed by atoms with E-state index in [0.717, 1.165) is 25.1 Å². The Bertz CT molecular complexity index is 422. The normalized spacial score (nSPS) is 22.4. The first-order chi connectivity index (χ1) is 8.63. The van der Waals surface area contributed by atoms with Gasteiger partial charge in [0.05, 0.1) is 0 Å². The van der Waals surface area contributed by atoms with Gasteiger partial charge in [0, 0.05) is 32.3 Å². The van der Waals surface area contributed by atoms with Crippen molar-refractivity contribution in [3.8, 4) is 0 Å². The number of carbonyl (C=O) groups excluding carboxylic acids is 3. The molecule has 0 unspecified atom stereocenters. The van der Waals surface area contributed by atoms with Gasteiger partial charge >= 0.3 is 6.03 Å². The zero-order chi connectivity index (χ0) is 13.1. The lowest BCUT2D eigenvalue weighted by atomic mass is 10.2. The monoisotopic (exact) mass is 252 g/mol. The molecule has 2 fully saturated rings. The minimum Gasteiger partial charge on any atom is -0.386 e. The molecule has 2 heterocycles. The van der Waals surface area contributed by atoms with Crippen molar-refractivity contribution >= 4 is 17.8 Å². The molecule has 0 bridgehead atoms. The molecule has 7 nitrogen and oxygen atoms in total. The fourth-order valence-corrected chi connectivity index (χ4v) is 2.11. The van der Waals surface area contributed by atoms with Crippen LogP contribution in [0.15, 0.2) is 11.4 Å². The van der Waals surface area contributed by atoms with E-state index >= 15 is 0 Å². The van der Waals surface area contributed by atoms with Crippen LogP contribution >= 0.6 is 0 Å². The highest BCUT2D eigenvalue weighted by Crippen LogP contribution is 2.19. The summed E-state index contributed by atoms with van der Waals surface area (Å²) < 4.78 is 0. The third-order valence-corrected chi connectivity index (χ3v) is 2.99. The number of allylic oxidation sites excluding steroid dienone is 1. The number of amides is 4. The molecule has 7 heteroatoms. The van der Waals surface area contributed by atoms with Crippen molar-refractivity contribution in [3.63, 3.8) is 0 Å². The highest BCUT2D eigenvalue weighted by Gasteiger charge is 2.31. The first-order valence-electron chi connectivity index (χ1n) is 5.94. The van der Waals surface area contributed by atoms with Crippen molar-refractivity contribution in [2.24, 2.45) is 0 Å². The second-order valence-corrected chi connectivity index (χ2v) is 4.19. The number of nitrogens with one attached hydrogen (secondary N) is 3. The van der Waals surface area contributed by atoms with E-state index in [1.165, 1.54) is 11.9 Å². The highest BCUT2D eigenvalue weighted by molar-refractivity contribution is 6.03. The Hall–Kier alpha value is -2.05. The topological polar surface area (TPSA) is 90.5 Å². The summed E-state index contributed by atoms with van der Waals surface area (Å²) in [4.78, 5) is 36.1. The summed E-state index contributed by atoms with van der Waals surface area (Å²) in [6, 6.07) is -0.536. The summed E-state index contributed by atoms with van der Waals surface area (Å²) in [7, 11) is 1.52. The summed E-state index contributed by atoms with van der Waals surface area (Å²) in [5.41, 5.74) is 1.08. The van der Waals surface area contributed by atoms with Gasteiger partial charge in [-0.05, 0) is 12.8 Å². The quantitative estimate of drug-likeness (QED) is 0.565. The zero-order valence-electron chi connectivity index (χ0n) is 10.2. The number of hydrogen-bond donors (Lipinski definition) is 3. The number of carbonyl (C=O) groups is 3. The zero-order valence-corrected chi connectivity index (χ0v) is 10.2. The SMILES string of the molecule is CNC(=O)/C(=C1/CCCN1)N1CCC(=O)NC1=O. The van der Waals surface area contributed by atoms with Crippen LogP contribution in [0.2, 0.25) is 0 Å². The fourth-order valence-electron chi connectivity index (χ4n) is 2.11. The van der Waals surface area contributed by atoms with Gasteiger partial charge < -0.3 is 10.6 Å². The van der Waals surface area contributed by atoms with Gasteiger partial charge in [-0.3, -0.25) is 19.8 Å². The van der Waals surface area contributed by atoms with E-state index in [2.05, 4.69) is 16.0 Å². The van der Waals surface area contributed by atoms with Crippen LogP contribution in [0, 0.1) is 0 Å². The number of likely N-dealkylation sites (N-methyl/N-ethyl adjacent to an activating group) is 1. The van der Waals surface area contributed by atoms with Gasteiger partial charge in [0.2, 0.25) is 5.91 Å². The van der Waals surface area contributed by atoms with E-state index in [1.54, 1.807) is 0 Å². The van der Waals surface area contributed by atoms with Crippen molar-refractivity contribution < 1.29 is 14.4 Å². The smallest absolute Gasteiger partial charge is 0.328 e. The maximum absolute atomic E-state index is 11.9. The Morgan fingerprint density at radius 3 is 2.67 bits per heavy atom. The maximum atomic E-state index is 11.9. The first-order valence-corrected chi connectivity index (χ1v) is 5.94. The van der Waals surface area contributed by atoms with Crippen LogP contribution in [0.5, 0.6) is 0 Å². The predicted octanol–water partition coefficient (Wildman–Crippen LogP) is -0.731. The molecule has 3 N–H and O–H groups in total. The van der Waals surface area contributed by atoms with E-state index in [9.17, 15) is 14.4 Å². The molecule has 0 aliphatic carbocycles. The largest absolute Gasteiger partial charge is 0.386 e. The molecule has 2 aliphatic rings. The maximum Gasteiger partial charge on any atom is 0.328 e. The van der Waals surface area contributed by atoms with Gasteiger partial charge in [-0.2, -0.15) is 0 Å². The van der Waals surface area contributed by atoms with E-state index in [0.29, 0.717) is 5.70 Å². The van der Waals surface area contributed by atoms with Gasteiger partial charge in [-0.1, -0.05) is 0 Å². The number of nitrogens with zero attached hydrogens (tertiary/aromatic N) is 1. The molecule has 98 valence electrons. The Morgan fingerprint density at radius 2 is 2.11 bits per heavy atom. The molecular weight excluding hydrogens is 236 g/mol. The van der Waals surface area contributed by atoms with Gasteiger partial charge in [-0.15, -0.1) is 0 Å². The molecule has 18 heavy (non-hydrogen) atoms. The van der Waals surface area contributed by atoms with Gasteiger partial charge in [0.1, 0.15) is 5.70 Å². The van der Waals surface area contributed by atoms with Crippen molar-refractivity contribution in [2.75, 3.05) is 20.1 Å². The van der Waals surface area contributed by atoms with Gasteiger partial charge in [0.15, 0.2) is 0 Å². The molecule has 0 radical (unpaired) electrons. The predicted molar refractivity (Wildman–Crippen MR) is 63.2 cm³/mol. The first kappa shape index (κ1) is 12.4. The van der Waals surface area contributed by atoms with E-state index in [1.807, 2.05) is 0 Å². The van der Waals surface area contributed by atoms with Gasteiger partial charge in [0.25, 0.3) is 5.91 Å². The number of hydrogen-bond acceptors (Lipinski definition) is 4. The van der Waals surface area contributed by atoms with Crippen LogP contribution in [0.3, 0.4) is 0 Å². The number of rotatable bonds is 2. The van der Waals surface area contributed by atoms with Crippen LogP contribution in [-0.4, -0.2) is 42.9 Å². The molecule has 2 rings (SSSR count). The Balaban J connectivity index is 2.29. The second-order valence-electron chi connectivity index (χ2n) is 4.19. The van der Waals surface area contributed by atoms with E-state index < -0.39 is 6.03 Å². The van der Waals surface area contributed by atoms with Crippen molar-refractivity contribution in [2.45, 2.75) is 19.3 Å². The second kappa shape index (κ2) is 5.07. The van der Waals surface area contributed by atoms with Crippen molar-refractivity contribution in [1.29, 1.82) is 0 Å². The minimum absolute atomic E-state index is 0.208. The molecule has 0 spiro atoms. The van der Waals surface area contributed by atoms with Crippen molar-refractivity contribution in [3.05, 3.63) is 11.4 Å². The molecule has 2 aliphatic heterocycles. The van der Waals surface area contributed by atoms with Crippen LogP contribution in [0.4, 0.5) is 4.79 Å². The molecule has 0 aromatic heterocycles. The molecule has 0 aromatic rings. The molecule has 0 atom stereocenters. The molecular formula is C11H16N4O3. The van der Waals surface area contributed by atoms with Crippen LogP contribution in [0.1, 0.15) is 19.3 Å². The highest BCUT2D eigenvalue weighted by atomic mass is 16.2. The minimum atomic E-state index is -0.536. The Kier molecular flexibility index (Phi) is 3.50. The molecule has 4 amide bonds. The number of imide groups is 1. The summed E-state index contributed by atoms with van der Waals surface area (Å²) in [6.45, 7) is 1.03. The van der Waals surface area contributed by atoms with E-state index in [-0.39, 0.29) is 24.8 Å². The summed E-state index contributed by atoms with van der Waals surface area (Å²) in [5.74, 6) is -0.624. The van der Waals surface area contributed by atoms with Crippen LogP contribution in [-0.2, 0) is 9.59 Å². The van der Waals surface area contributed by atoms with Crippen LogP contribution in [0.25, 0.3) is 0 Å². The lowest BCUT2D eigenvalue weighted by Gasteiger charge is -2.29. The summed E-state index contributed by atoms with van der Waals surface area (Å²) in [6.07, 6.45) is 1.88. The fraction of sp³-hybridized carbons (Fsp3) is 0.545. The molecule has 0 saturated carbocycles. The molecule has 2 saturated heterocycles. The lowest BCUT2D eigenvalue weighted by Crippen LogP contribution is -2.51. The average molecular weight is 252 g/mol. The third kappa shape index (κ3) is 2.29. The standard InChI is InChI=1S/C11H16N4O3/c1-12-10(17)9(7-3-2-5-13-7)15-6-4-8(16)14-11(15)18/h13H,2-6H2,1H3,(H,12,17)(H,14,16,18)/b9-7+. The van der Waals surface area contributed by atoms with Gasteiger partial charge in [-0.25, -0.2) is 4.79 Å².